The Balaban J connectivity index is 0.00000176. The Labute approximate surface area is 140 Å². The van der Waals surface area contributed by atoms with Gasteiger partial charge in [0.25, 0.3) is 0 Å². The number of amidine groups is 1. The largest absolute Gasteiger partial charge is 0.465 e. The lowest BCUT2D eigenvalue weighted by Crippen LogP contribution is -2.35. The summed E-state index contributed by atoms with van der Waals surface area (Å²) < 4.78 is 4.69. The number of rotatable bonds is 2. The van der Waals surface area contributed by atoms with Gasteiger partial charge < -0.3 is 9.64 Å². The van der Waals surface area contributed by atoms with Crippen LogP contribution in [0, 0.1) is 5.41 Å². The third-order valence-corrected chi connectivity index (χ3v) is 3.73. The second kappa shape index (κ2) is 6.75. The lowest BCUT2D eigenvalue weighted by atomic mass is 9.98. The van der Waals surface area contributed by atoms with E-state index >= 15 is 0 Å². The molecule has 0 radical (unpaired) electrons. The zero-order valence-electron chi connectivity index (χ0n) is 12.2. The molecular formula is C17H17BrN2O2. The molecule has 2 aromatic carbocycles. The van der Waals surface area contributed by atoms with Gasteiger partial charge in [0.2, 0.25) is 0 Å². The molecule has 0 aliphatic carbocycles. The summed E-state index contributed by atoms with van der Waals surface area (Å²) in [4.78, 5) is 13.4. The summed E-state index contributed by atoms with van der Waals surface area (Å²) in [6.07, 6.45) is 0.634. The number of hydrogen-bond donors (Lipinski definition) is 1. The van der Waals surface area contributed by atoms with E-state index in [1.165, 1.54) is 18.2 Å². The minimum Gasteiger partial charge on any atom is -0.465 e. The first-order valence-corrected chi connectivity index (χ1v) is 6.79. The van der Waals surface area contributed by atoms with Gasteiger partial charge in [-0.05, 0) is 35.4 Å². The molecule has 1 N–H and O–H groups in total. The quantitative estimate of drug-likeness (QED) is 0.832. The first-order valence-electron chi connectivity index (χ1n) is 6.79. The molecule has 0 fully saturated rings. The average Bonchev–Trinajstić information content (AvgIpc) is 2.53. The number of halogens is 1. The van der Waals surface area contributed by atoms with Gasteiger partial charge in [-0.3, -0.25) is 5.41 Å². The molecule has 1 aliphatic rings. The van der Waals surface area contributed by atoms with Crippen LogP contribution in [0.15, 0.2) is 48.5 Å². The van der Waals surface area contributed by atoms with Crippen molar-refractivity contribution in [3.8, 4) is 0 Å². The number of methoxy groups -OCH3 is 1. The first-order chi connectivity index (χ1) is 10.2. The minimum atomic E-state index is -0.347. The van der Waals surface area contributed by atoms with Gasteiger partial charge in [-0.15, -0.1) is 17.0 Å². The number of carbonyl (C=O) groups excluding carboxylic acids is 1. The Hall–Kier alpha value is -2.14. The van der Waals surface area contributed by atoms with E-state index in [1.807, 2.05) is 29.2 Å². The van der Waals surface area contributed by atoms with Crippen LogP contribution in [0.2, 0.25) is 0 Å². The van der Waals surface area contributed by atoms with Gasteiger partial charge in [0.1, 0.15) is 5.84 Å². The highest BCUT2D eigenvalue weighted by molar-refractivity contribution is 8.93. The van der Waals surface area contributed by atoms with Crippen LogP contribution in [0.25, 0.3) is 0 Å². The lowest BCUT2D eigenvalue weighted by Gasteiger charge is -2.31. The van der Waals surface area contributed by atoms with Crippen molar-refractivity contribution in [2.45, 2.75) is 13.0 Å². The van der Waals surface area contributed by atoms with Gasteiger partial charge in [0.15, 0.2) is 0 Å². The Morgan fingerprint density at radius 1 is 1.09 bits per heavy atom. The maximum atomic E-state index is 11.5. The third kappa shape index (κ3) is 3.04. The third-order valence-electron chi connectivity index (χ3n) is 3.73. The van der Waals surface area contributed by atoms with Crippen molar-refractivity contribution in [1.29, 1.82) is 5.41 Å². The van der Waals surface area contributed by atoms with E-state index in [2.05, 4.69) is 12.1 Å². The molecule has 0 amide bonds. The Kier molecular flexibility index (Phi) is 4.98. The summed E-state index contributed by atoms with van der Waals surface area (Å²) in [6.45, 7) is 0.687. The Morgan fingerprint density at radius 2 is 1.73 bits per heavy atom. The SMILES string of the molecule is Br.COC(=O)c1ccc(N2Cc3ccccc3CC2=N)cc1. The maximum Gasteiger partial charge on any atom is 0.337 e. The standard InChI is InChI=1S/C17H16N2O2.BrH/c1-21-17(20)12-6-8-15(9-7-12)19-11-14-5-3-2-4-13(14)10-16(19)18;/h2-9,18H,10-11H2,1H3;1H. The van der Waals surface area contributed by atoms with Gasteiger partial charge in [-0.1, -0.05) is 24.3 Å². The first kappa shape index (κ1) is 16.2. The molecule has 2 aromatic rings. The van der Waals surface area contributed by atoms with E-state index < -0.39 is 0 Å². The number of esters is 1. The van der Waals surface area contributed by atoms with Crippen molar-refractivity contribution >= 4 is 34.5 Å². The predicted molar refractivity (Wildman–Crippen MR) is 92.2 cm³/mol. The highest BCUT2D eigenvalue weighted by Crippen LogP contribution is 2.25. The van der Waals surface area contributed by atoms with Crippen LogP contribution in [0.1, 0.15) is 21.5 Å². The summed E-state index contributed by atoms with van der Waals surface area (Å²) in [7, 11) is 1.37. The van der Waals surface area contributed by atoms with E-state index in [0.717, 1.165) is 5.69 Å². The molecule has 0 spiro atoms. The summed E-state index contributed by atoms with van der Waals surface area (Å²) in [5.41, 5.74) is 3.89. The lowest BCUT2D eigenvalue weighted by molar-refractivity contribution is 0.0601. The minimum absolute atomic E-state index is 0. The van der Waals surface area contributed by atoms with Crippen LogP contribution >= 0.6 is 17.0 Å². The fourth-order valence-electron chi connectivity index (χ4n) is 2.57. The summed E-state index contributed by atoms with van der Waals surface area (Å²) in [5, 5.41) is 8.22. The maximum absolute atomic E-state index is 11.5. The van der Waals surface area contributed by atoms with Crippen molar-refractivity contribution < 1.29 is 9.53 Å². The topological polar surface area (TPSA) is 53.4 Å². The van der Waals surface area contributed by atoms with E-state index in [0.29, 0.717) is 24.4 Å². The summed E-state index contributed by atoms with van der Waals surface area (Å²) in [5.74, 6) is 0.222. The number of ether oxygens (including phenoxy) is 1. The number of carbonyl (C=O) groups is 1. The van der Waals surface area contributed by atoms with E-state index in [9.17, 15) is 4.79 Å². The van der Waals surface area contributed by atoms with E-state index in [4.69, 9.17) is 10.1 Å². The van der Waals surface area contributed by atoms with Crippen LogP contribution in [0.3, 0.4) is 0 Å². The van der Waals surface area contributed by atoms with Crippen molar-refractivity contribution in [1.82, 2.24) is 0 Å². The number of nitrogens with one attached hydrogen (secondary N) is 1. The number of benzene rings is 2. The molecule has 114 valence electrons. The summed E-state index contributed by atoms with van der Waals surface area (Å²) >= 11 is 0. The van der Waals surface area contributed by atoms with Gasteiger partial charge >= 0.3 is 5.97 Å². The van der Waals surface area contributed by atoms with Gasteiger partial charge in [-0.2, -0.15) is 0 Å². The van der Waals surface area contributed by atoms with Crippen molar-refractivity contribution in [2.24, 2.45) is 0 Å². The number of nitrogens with zero attached hydrogens (tertiary/aromatic N) is 1. The molecule has 22 heavy (non-hydrogen) atoms. The van der Waals surface area contributed by atoms with Gasteiger partial charge in [0.05, 0.1) is 12.7 Å². The average molecular weight is 361 g/mol. The van der Waals surface area contributed by atoms with Gasteiger partial charge in [0, 0.05) is 18.7 Å². The molecule has 0 aromatic heterocycles. The van der Waals surface area contributed by atoms with Crippen molar-refractivity contribution in [3.63, 3.8) is 0 Å². The van der Waals surface area contributed by atoms with E-state index in [1.54, 1.807) is 12.1 Å². The van der Waals surface area contributed by atoms with Crippen molar-refractivity contribution in [2.75, 3.05) is 12.0 Å². The molecule has 3 rings (SSSR count). The second-order valence-electron chi connectivity index (χ2n) is 5.02. The number of hydrogen-bond acceptors (Lipinski definition) is 3. The van der Waals surface area contributed by atoms with Gasteiger partial charge in [-0.25, -0.2) is 4.79 Å². The molecule has 0 unspecified atom stereocenters. The fourth-order valence-corrected chi connectivity index (χ4v) is 2.57. The number of fused-ring (bicyclic) bond motifs is 1. The fraction of sp³-hybridized carbons (Fsp3) is 0.176. The number of anilines is 1. The predicted octanol–water partition coefficient (Wildman–Crippen LogP) is 3.59. The summed E-state index contributed by atoms with van der Waals surface area (Å²) in [6, 6.07) is 15.4. The highest BCUT2D eigenvalue weighted by atomic mass is 79.9. The molecular weight excluding hydrogens is 344 g/mol. The van der Waals surface area contributed by atoms with Crippen LogP contribution in [-0.4, -0.2) is 18.9 Å². The molecule has 1 heterocycles. The van der Waals surface area contributed by atoms with Crippen LogP contribution < -0.4 is 4.90 Å². The van der Waals surface area contributed by atoms with Crippen LogP contribution in [0.5, 0.6) is 0 Å². The van der Waals surface area contributed by atoms with Crippen LogP contribution in [0.4, 0.5) is 5.69 Å². The highest BCUT2D eigenvalue weighted by Gasteiger charge is 2.21. The van der Waals surface area contributed by atoms with Crippen molar-refractivity contribution in [3.05, 3.63) is 65.2 Å². The Bertz CT molecular complexity index is 698. The smallest absolute Gasteiger partial charge is 0.337 e. The van der Waals surface area contributed by atoms with E-state index in [-0.39, 0.29) is 23.0 Å². The Morgan fingerprint density at radius 3 is 2.36 bits per heavy atom. The van der Waals surface area contributed by atoms with Crippen LogP contribution in [-0.2, 0) is 17.7 Å². The molecule has 0 atom stereocenters. The molecule has 0 saturated heterocycles. The zero-order valence-corrected chi connectivity index (χ0v) is 13.9. The zero-order chi connectivity index (χ0) is 14.8. The molecule has 5 heteroatoms. The molecule has 1 aliphatic heterocycles. The molecule has 0 saturated carbocycles. The molecule has 4 nitrogen and oxygen atoms in total. The second-order valence-corrected chi connectivity index (χ2v) is 5.02. The molecule has 0 bridgehead atoms. The normalized spacial score (nSPS) is 13.1. The monoisotopic (exact) mass is 360 g/mol.